The lowest BCUT2D eigenvalue weighted by Gasteiger charge is -2.25. The number of nitrogens with one attached hydrogen (secondary N) is 1. The Bertz CT molecular complexity index is 412. The summed E-state index contributed by atoms with van der Waals surface area (Å²) in [5, 5.41) is 3.72. The zero-order chi connectivity index (χ0) is 13.0. The standard InChI is InChI=1S/C12H20N4OS/c1-2-6-14-11(17)9-10(13)15-12(18-9)16-7-4-3-5-8-16/h2-8,13H2,1H3,(H,14,17). The van der Waals surface area contributed by atoms with Crippen molar-refractivity contribution in [1.29, 1.82) is 0 Å². The van der Waals surface area contributed by atoms with E-state index in [1.54, 1.807) is 0 Å². The molecule has 3 N–H and O–H groups in total. The fourth-order valence-electron chi connectivity index (χ4n) is 2.02. The molecule has 1 aromatic heterocycles. The number of hydrogen-bond donors (Lipinski definition) is 2. The molecule has 18 heavy (non-hydrogen) atoms. The van der Waals surface area contributed by atoms with Crippen LogP contribution in [0.4, 0.5) is 10.9 Å². The monoisotopic (exact) mass is 268 g/mol. The van der Waals surface area contributed by atoms with Crippen molar-refractivity contribution in [2.45, 2.75) is 32.6 Å². The summed E-state index contributed by atoms with van der Waals surface area (Å²) < 4.78 is 0. The summed E-state index contributed by atoms with van der Waals surface area (Å²) in [6.07, 6.45) is 4.58. The van der Waals surface area contributed by atoms with Crippen molar-refractivity contribution in [2.24, 2.45) is 0 Å². The minimum absolute atomic E-state index is 0.102. The zero-order valence-corrected chi connectivity index (χ0v) is 11.6. The first-order chi connectivity index (χ1) is 8.72. The van der Waals surface area contributed by atoms with E-state index in [2.05, 4.69) is 15.2 Å². The second-order valence-electron chi connectivity index (χ2n) is 4.51. The van der Waals surface area contributed by atoms with E-state index in [0.29, 0.717) is 17.2 Å². The van der Waals surface area contributed by atoms with Crippen molar-refractivity contribution in [3.63, 3.8) is 0 Å². The molecule has 1 fully saturated rings. The normalized spacial score (nSPS) is 15.7. The predicted molar refractivity (Wildman–Crippen MR) is 75.2 cm³/mol. The fourth-order valence-corrected chi connectivity index (χ4v) is 2.98. The van der Waals surface area contributed by atoms with Crippen molar-refractivity contribution in [1.82, 2.24) is 10.3 Å². The van der Waals surface area contributed by atoms with Crippen LogP contribution in [0.1, 0.15) is 42.3 Å². The van der Waals surface area contributed by atoms with Gasteiger partial charge in [0.2, 0.25) is 0 Å². The third-order valence-corrected chi connectivity index (χ3v) is 4.14. The first-order valence-corrected chi connectivity index (χ1v) is 7.33. The topological polar surface area (TPSA) is 71.2 Å². The van der Waals surface area contributed by atoms with E-state index < -0.39 is 0 Å². The third-order valence-electron chi connectivity index (χ3n) is 3.01. The Balaban J connectivity index is 2.08. The second kappa shape index (κ2) is 6.04. The average Bonchev–Trinajstić information content (AvgIpc) is 2.79. The van der Waals surface area contributed by atoms with E-state index in [0.717, 1.165) is 24.6 Å². The van der Waals surface area contributed by atoms with Crippen molar-refractivity contribution < 1.29 is 4.79 Å². The fraction of sp³-hybridized carbons (Fsp3) is 0.667. The Morgan fingerprint density at radius 1 is 1.44 bits per heavy atom. The summed E-state index contributed by atoms with van der Waals surface area (Å²) >= 11 is 1.40. The highest BCUT2D eigenvalue weighted by atomic mass is 32.1. The number of aromatic nitrogens is 1. The van der Waals surface area contributed by atoms with Crippen LogP contribution >= 0.6 is 11.3 Å². The Morgan fingerprint density at radius 3 is 2.83 bits per heavy atom. The molecule has 0 spiro atoms. The maximum absolute atomic E-state index is 11.9. The largest absolute Gasteiger partial charge is 0.382 e. The number of thiazole rings is 1. The molecule has 0 atom stereocenters. The number of carbonyl (C=O) groups excluding carboxylic acids is 1. The number of hydrogen-bond acceptors (Lipinski definition) is 5. The highest BCUT2D eigenvalue weighted by Crippen LogP contribution is 2.29. The minimum Gasteiger partial charge on any atom is -0.382 e. The summed E-state index contributed by atoms with van der Waals surface area (Å²) in [6, 6.07) is 0. The van der Waals surface area contributed by atoms with Crippen LogP contribution in [0.3, 0.4) is 0 Å². The maximum Gasteiger partial charge on any atom is 0.265 e. The lowest BCUT2D eigenvalue weighted by molar-refractivity contribution is 0.0958. The van der Waals surface area contributed by atoms with Crippen LogP contribution < -0.4 is 16.0 Å². The summed E-state index contributed by atoms with van der Waals surface area (Å²) in [6.45, 7) is 4.73. The minimum atomic E-state index is -0.102. The molecule has 0 saturated carbocycles. The van der Waals surface area contributed by atoms with Gasteiger partial charge < -0.3 is 16.0 Å². The Hall–Kier alpha value is -1.30. The lowest BCUT2D eigenvalue weighted by atomic mass is 10.1. The molecule has 1 amide bonds. The molecule has 1 aromatic rings. The summed E-state index contributed by atoms with van der Waals surface area (Å²) in [5.74, 6) is 0.254. The number of carbonyl (C=O) groups is 1. The van der Waals surface area contributed by atoms with Gasteiger partial charge >= 0.3 is 0 Å². The highest BCUT2D eigenvalue weighted by molar-refractivity contribution is 7.18. The number of nitrogens with two attached hydrogens (primary N) is 1. The predicted octanol–water partition coefficient (Wildman–Crippen LogP) is 1.86. The molecule has 2 heterocycles. The summed E-state index contributed by atoms with van der Waals surface area (Å²) in [7, 11) is 0. The second-order valence-corrected chi connectivity index (χ2v) is 5.49. The highest BCUT2D eigenvalue weighted by Gasteiger charge is 2.20. The molecule has 0 radical (unpaired) electrons. The van der Waals surface area contributed by atoms with Gasteiger partial charge in [0, 0.05) is 19.6 Å². The number of anilines is 2. The van der Waals surface area contributed by atoms with Gasteiger partial charge in [-0.15, -0.1) is 0 Å². The summed E-state index contributed by atoms with van der Waals surface area (Å²) in [4.78, 5) is 19.0. The van der Waals surface area contributed by atoms with Crippen LogP contribution in [0.25, 0.3) is 0 Å². The Labute approximate surface area is 111 Å². The first-order valence-electron chi connectivity index (χ1n) is 6.51. The third kappa shape index (κ3) is 2.93. The van der Waals surface area contributed by atoms with Crippen molar-refractivity contribution in [3.05, 3.63) is 4.88 Å². The first kappa shape index (κ1) is 13.1. The number of nitrogen functional groups attached to an aromatic ring is 1. The molecular formula is C12H20N4OS. The van der Waals surface area contributed by atoms with Gasteiger partial charge in [-0.3, -0.25) is 4.79 Å². The molecule has 1 aliphatic heterocycles. The molecular weight excluding hydrogens is 248 g/mol. The zero-order valence-electron chi connectivity index (χ0n) is 10.7. The lowest BCUT2D eigenvalue weighted by Crippen LogP contribution is -2.29. The van der Waals surface area contributed by atoms with E-state index in [1.807, 2.05) is 6.92 Å². The van der Waals surface area contributed by atoms with E-state index >= 15 is 0 Å². The van der Waals surface area contributed by atoms with Gasteiger partial charge in [-0.2, -0.15) is 0 Å². The van der Waals surface area contributed by atoms with Crippen molar-refractivity contribution in [3.8, 4) is 0 Å². The van der Waals surface area contributed by atoms with Crippen LogP contribution in [-0.2, 0) is 0 Å². The van der Waals surface area contributed by atoms with Gasteiger partial charge in [0.1, 0.15) is 10.7 Å². The van der Waals surface area contributed by atoms with E-state index in [4.69, 9.17) is 5.73 Å². The number of rotatable bonds is 4. The molecule has 0 bridgehead atoms. The summed E-state index contributed by atoms with van der Waals surface area (Å²) in [5.41, 5.74) is 5.83. The van der Waals surface area contributed by atoms with Crippen molar-refractivity contribution in [2.75, 3.05) is 30.3 Å². The molecule has 5 nitrogen and oxygen atoms in total. The smallest absolute Gasteiger partial charge is 0.265 e. The molecule has 0 unspecified atom stereocenters. The molecule has 0 aliphatic carbocycles. The van der Waals surface area contributed by atoms with E-state index in [9.17, 15) is 4.79 Å². The SMILES string of the molecule is CCCNC(=O)c1sc(N2CCCCC2)nc1N. The molecule has 100 valence electrons. The van der Waals surface area contributed by atoms with Gasteiger partial charge in [-0.1, -0.05) is 18.3 Å². The van der Waals surface area contributed by atoms with Gasteiger partial charge in [0.05, 0.1) is 0 Å². The Kier molecular flexibility index (Phi) is 4.41. The van der Waals surface area contributed by atoms with Gasteiger partial charge in [0.15, 0.2) is 5.13 Å². The molecule has 1 saturated heterocycles. The average molecular weight is 268 g/mol. The van der Waals surface area contributed by atoms with Gasteiger partial charge in [-0.05, 0) is 25.7 Å². The van der Waals surface area contributed by atoms with Gasteiger partial charge in [-0.25, -0.2) is 4.98 Å². The number of nitrogens with zero attached hydrogens (tertiary/aromatic N) is 2. The van der Waals surface area contributed by atoms with Crippen LogP contribution in [0, 0.1) is 0 Å². The molecule has 2 rings (SSSR count). The molecule has 6 heteroatoms. The maximum atomic E-state index is 11.9. The quantitative estimate of drug-likeness (QED) is 0.874. The molecule has 0 aromatic carbocycles. The van der Waals surface area contributed by atoms with Gasteiger partial charge in [0.25, 0.3) is 5.91 Å². The number of amides is 1. The van der Waals surface area contributed by atoms with Crippen LogP contribution in [0.5, 0.6) is 0 Å². The Morgan fingerprint density at radius 2 is 2.17 bits per heavy atom. The van der Waals surface area contributed by atoms with E-state index in [1.165, 1.54) is 30.6 Å². The van der Waals surface area contributed by atoms with Crippen LogP contribution in [0.15, 0.2) is 0 Å². The van der Waals surface area contributed by atoms with Crippen molar-refractivity contribution >= 4 is 28.2 Å². The van der Waals surface area contributed by atoms with Crippen LogP contribution in [-0.4, -0.2) is 30.5 Å². The van der Waals surface area contributed by atoms with Crippen LogP contribution in [0.2, 0.25) is 0 Å². The van der Waals surface area contributed by atoms with E-state index in [-0.39, 0.29) is 5.91 Å². The molecule has 1 aliphatic rings. The number of piperidine rings is 1.